The van der Waals surface area contributed by atoms with Crippen LogP contribution in [-0.2, 0) is 0 Å². The Morgan fingerprint density at radius 1 is 1.31 bits per heavy atom. The number of non-ortho nitro benzene ring substituents is 1. The summed E-state index contributed by atoms with van der Waals surface area (Å²) in [5.74, 6) is 0.543. The van der Waals surface area contributed by atoms with Crippen LogP contribution < -0.4 is 14.9 Å². The lowest BCUT2D eigenvalue weighted by Gasteiger charge is -2.12. The standard InChI is InChI=1S/C18H19N3O5/c1-3-10-26-17-14(7-5-9-16(17)25-2)12-19-20-18(22)13-6-4-8-15(11-13)21(23)24/h4-9,11-12H,3,10H2,1-2H3,(H,20,22)/b19-12+. The number of ether oxygens (including phenoxy) is 2. The summed E-state index contributed by atoms with van der Waals surface area (Å²) in [6, 6.07) is 10.7. The predicted molar refractivity (Wildman–Crippen MR) is 96.9 cm³/mol. The number of amides is 1. The first kappa shape index (κ1) is 18.9. The first-order chi connectivity index (χ1) is 12.6. The van der Waals surface area contributed by atoms with Gasteiger partial charge in [-0.3, -0.25) is 14.9 Å². The molecule has 0 heterocycles. The van der Waals surface area contributed by atoms with Crippen molar-refractivity contribution in [1.29, 1.82) is 0 Å². The number of rotatable bonds is 8. The van der Waals surface area contributed by atoms with E-state index < -0.39 is 10.8 Å². The van der Waals surface area contributed by atoms with Crippen LogP contribution in [0.5, 0.6) is 11.5 Å². The van der Waals surface area contributed by atoms with E-state index in [0.29, 0.717) is 23.7 Å². The molecule has 0 radical (unpaired) electrons. The molecule has 2 aromatic rings. The van der Waals surface area contributed by atoms with E-state index in [9.17, 15) is 14.9 Å². The maximum atomic E-state index is 12.1. The van der Waals surface area contributed by atoms with Crippen LogP contribution in [0.25, 0.3) is 0 Å². The van der Waals surface area contributed by atoms with E-state index in [1.54, 1.807) is 25.3 Å². The number of nitro benzene ring substituents is 1. The van der Waals surface area contributed by atoms with Gasteiger partial charge in [0.2, 0.25) is 0 Å². The smallest absolute Gasteiger partial charge is 0.271 e. The molecule has 1 amide bonds. The number of nitrogens with one attached hydrogen (secondary N) is 1. The number of carbonyl (C=O) groups excluding carboxylic acids is 1. The number of nitrogens with zero attached hydrogens (tertiary/aromatic N) is 2. The van der Waals surface area contributed by atoms with Crippen molar-refractivity contribution in [3.63, 3.8) is 0 Å². The molecule has 0 fully saturated rings. The Hall–Kier alpha value is -3.42. The van der Waals surface area contributed by atoms with Gasteiger partial charge in [0.15, 0.2) is 11.5 Å². The molecule has 0 bridgehead atoms. The molecule has 136 valence electrons. The van der Waals surface area contributed by atoms with Gasteiger partial charge in [-0.15, -0.1) is 0 Å². The number of hydrazone groups is 1. The zero-order chi connectivity index (χ0) is 18.9. The van der Waals surface area contributed by atoms with E-state index in [2.05, 4.69) is 10.5 Å². The summed E-state index contributed by atoms with van der Waals surface area (Å²) in [4.78, 5) is 22.3. The minimum absolute atomic E-state index is 0.143. The molecule has 8 heteroatoms. The zero-order valence-electron chi connectivity index (χ0n) is 14.5. The summed E-state index contributed by atoms with van der Waals surface area (Å²) in [6.07, 6.45) is 2.26. The molecule has 0 saturated carbocycles. The van der Waals surface area contributed by atoms with Gasteiger partial charge in [0.25, 0.3) is 11.6 Å². The normalized spacial score (nSPS) is 10.5. The second kappa shape index (κ2) is 9.16. The minimum atomic E-state index is -0.562. The van der Waals surface area contributed by atoms with Crippen LogP contribution in [-0.4, -0.2) is 30.8 Å². The molecule has 0 aliphatic carbocycles. The summed E-state index contributed by atoms with van der Waals surface area (Å²) in [7, 11) is 1.54. The SMILES string of the molecule is CCCOc1c(/C=N/NC(=O)c2cccc([N+](=O)[O-])c2)cccc1OC. The average Bonchev–Trinajstić information content (AvgIpc) is 2.66. The van der Waals surface area contributed by atoms with Crippen molar-refractivity contribution in [2.24, 2.45) is 5.10 Å². The topological polar surface area (TPSA) is 103 Å². The second-order valence-corrected chi connectivity index (χ2v) is 5.23. The van der Waals surface area contributed by atoms with Gasteiger partial charge < -0.3 is 9.47 Å². The molecule has 2 aromatic carbocycles. The van der Waals surface area contributed by atoms with Gasteiger partial charge >= 0.3 is 0 Å². The number of benzene rings is 2. The molecular formula is C18H19N3O5. The van der Waals surface area contributed by atoms with Crippen molar-refractivity contribution in [2.45, 2.75) is 13.3 Å². The third kappa shape index (κ3) is 4.79. The summed E-state index contributed by atoms with van der Waals surface area (Å²) in [5.41, 5.74) is 2.96. The number of hydrogen-bond acceptors (Lipinski definition) is 6. The number of hydrogen-bond donors (Lipinski definition) is 1. The van der Waals surface area contributed by atoms with Gasteiger partial charge in [-0.2, -0.15) is 5.10 Å². The van der Waals surface area contributed by atoms with Gasteiger partial charge in [0.05, 0.1) is 24.9 Å². The van der Waals surface area contributed by atoms with Crippen LogP contribution in [0.3, 0.4) is 0 Å². The van der Waals surface area contributed by atoms with Crippen molar-refractivity contribution in [1.82, 2.24) is 5.43 Å². The maximum absolute atomic E-state index is 12.1. The molecular weight excluding hydrogens is 338 g/mol. The van der Waals surface area contributed by atoms with Gasteiger partial charge in [-0.05, 0) is 24.6 Å². The van der Waals surface area contributed by atoms with Crippen molar-refractivity contribution in [3.8, 4) is 11.5 Å². The highest BCUT2D eigenvalue weighted by atomic mass is 16.6. The lowest BCUT2D eigenvalue weighted by Crippen LogP contribution is -2.17. The van der Waals surface area contributed by atoms with Gasteiger partial charge in [-0.25, -0.2) is 5.43 Å². The first-order valence-corrected chi connectivity index (χ1v) is 7.94. The highest BCUT2D eigenvalue weighted by Crippen LogP contribution is 2.30. The molecule has 0 spiro atoms. The minimum Gasteiger partial charge on any atom is -0.493 e. The Balaban J connectivity index is 2.14. The lowest BCUT2D eigenvalue weighted by atomic mass is 10.2. The molecule has 0 aromatic heterocycles. The van der Waals surface area contributed by atoms with Crippen LogP contribution in [0.1, 0.15) is 29.3 Å². The second-order valence-electron chi connectivity index (χ2n) is 5.23. The highest BCUT2D eigenvalue weighted by Gasteiger charge is 2.11. The third-order valence-electron chi connectivity index (χ3n) is 3.37. The zero-order valence-corrected chi connectivity index (χ0v) is 14.5. The summed E-state index contributed by atoms with van der Waals surface area (Å²) >= 11 is 0. The van der Waals surface area contributed by atoms with Crippen LogP contribution in [0.15, 0.2) is 47.6 Å². The molecule has 0 saturated heterocycles. The average molecular weight is 357 g/mol. The van der Waals surface area contributed by atoms with Gasteiger partial charge in [0, 0.05) is 23.3 Å². The van der Waals surface area contributed by atoms with Crippen LogP contribution in [0.2, 0.25) is 0 Å². The third-order valence-corrected chi connectivity index (χ3v) is 3.37. The fraction of sp³-hybridized carbons (Fsp3) is 0.222. The van der Waals surface area contributed by atoms with Gasteiger partial charge in [-0.1, -0.05) is 19.1 Å². The Bertz CT molecular complexity index is 820. The molecule has 0 aliphatic rings. The van der Waals surface area contributed by atoms with E-state index in [4.69, 9.17) is 9.47 Å². The quantitative estimate of drug-likeness (QED) is 0.444. The van der Waals surface area contributed by atoms with Gasteiger partial charge in [0.1, 0.15) is 0 Å². The summed E-state index contributed by atoms with van der Waals surface area (Å²) in [5, 5.41) is 14.7. The van der Waals surface area contributed by atoms with Crippen molar-refractivity contribution in [3.05, 3.63) is 63.7 Å². The largest absolute Gasteiger partial charge is 0.493 e. The van der Waals surface area contributed by atoms with Crippen molar-refractivity contribution >= 4 is 17.8 Å². The molecule has 8 nitrogen and oxygen atoms in total. The van der Waals surface area contributed by atoms with Crippen LogP contribution in [0.4, 0.5) is 5.69 Å². The summed E-state index contributed by atoms with van der Waals surface area (Å²) in [6.45, 7) is 2.50. The number of para-hydroxylation sites is 1. The Morgan fingerprint density at radius 3 is 2.77 bits per heavy atom. The highest BCUT2D eigenvalue weighted by molar-refractivity contribution is 5.95. The van der Waals surface area contributed by atoms with E-state index in [0.717, 1.165) is 6.42 Å². The molecule has 0 aliphatic heterocycles. The predicted octanol–water partition coefficient (Wildman–Crippen LogP) is 3.16. The molecule has 0 atom stereocenters. The summed E-state index contributed by atoms with van der Waals surface area (Å²) < 4.78 is 11.0. The molecule has 1 N–H and O–H groups in total. The Kier molecular flexibility index (Phi) is 6.67. The van der Waals surface area contributed by atoms with E-state index in [1.165, 1.54) is 30.5 Å². The monoisotopic (exact) mass is 357 g/mol. The van der Waals surface area contributed by atoms with Crippen LogP contribution in [0, 0.1) is 10.1 Å². The molecule has 2 rings (SSSR count). The van der Waals surface area contributed by atoms with E-state index >= 15 is 0 Å². The number of nitro groups is 1. The van der Waals surface area contributed by atoms with E-state index in [1.807, 2.05) is 6.92 Å². The molecule has 26 heavy (non-hydrogen) atoms. The Morgan fingerprint density at radius 2 is 2.08 bits per heavy atom. The van der Waals surface area contributed by atoms with Crippen molar-refractivity contribution in [2.75, 3.05) is 13.7 Å². The first-order valence-electron chi connectivity index (χ1n) is 7.94. The fourth-order valence-electron chi connectivity index (χ4n) is 2.14. The van der Waals surface area contributed by atoms with E-state index in [-0.39, 0.29) is 11.3 Å². The lowest BCUT2D eigenvalue weighted by molar-refractivity contribution is -0.384. The fourth-order valence-corrected chi connectivity index (χ4v) is 2.14. The Labute approximate surface area is 150 Å². The van der Waals surface area contributed by atoms with Crippen LogP contribution >= 0.6 is 0 Å². The van der Waals surface area contributed by atoms with Crippen molar-refractivity contribution < 1.29 is 19.2 Å². The molecule has 0 unspecified atom stereocenters. The maximum Gasteiger partial charge on any atom is 0.271 e. The number of carbonyl (C=O) groups is 1. The number of methoxy groups -OCH3 is 1.